The van der Waals surface area contributed by atoms with E-state index in [1.54, 1.807) is 0 Å². The molecule has 0 saturated carbocycles. The molecule has 0 amide bonds. The molecule has 0 aliphatic carbocycles. The highest BCUT2D eigenvalue weighted by molar-refractivity contribution is 6.12. The monoisotopic (exact) mass is 918 g/mol. The second-order valence-electron chi connectivity index (χ2n) is 17.7. The molecule has 13 aromatic rings. The molecule has 334 valence electrons. The predicted octanol–water partition coefficient (Wildman–Crippen LogP) is 15.2. The highest BCUT2D eigenvalue weighted by atomic mass is 15.0. The zero-order valence-corrected chi connectivity index (χ0v) is 38.5. The van der Waals surface area contributed by atoms with E-state index in [0.717, 1.165) is 105 Å². The zero-order chi connectivity index (χ0) is 48.1. The molecule has 0 radical (unpaired) electrons. The Kier molecular flexibility index (Phi) is 10.1. The van der Waals surface area contributed by atoms with Gasteiger partial charge in [-0.1, -0.05) is 133 Å². The highest BCUT2D eigenvalue weighted by Gasteiger charge is 2.23. The topological polar surface area (TPSA) is 109 Å². The van der Waals surface area contributed by atoms with Crippen molar-refractivity contribution in [2.45, 2.75) is 0 Å². The number of benzene rings is 9. The summed E-state index contributed by atoms with van der Waals surface area (Å²) in [5.41, 5.74) is 15.6. The predicted molar refractivity (Wildman–Crippen MR) is 288 cm³/mol. The summed E-state index contributed by atoms with van der Waals surface area (Å²) < 4.78 is 4.65. The molecule has 4 aromatic heterocycles. The van der Waals surface area contributed by atoms with Gasteiger partial charge in [0.25, 0.3) is 0 Å². The zero-order valence-electron chi connectivity index (χ0n) is 38.5. The second kappa shape index (κ2) is 17.4. The van der Waals surface area contributed by atoms with E-state index in [1.165, 1.54) is 0 Å². The molecule has 0 spiro atoms. The average molecular weight is 919 g/mol. The number of aromatic nitrogens is 6. The number of nitrogens with zero attached hydrogens (tertiary/aromatic N) is 8. The number of hydrogen-bond donors (Lipinski definition) is 0. The standard InChI is InChI=1S/C64H38N8/c65-38-41-13-11-19-45(33-41)47-25-29-59-54(35-47)50-21-7-9-23-57(50)71(59)49-27-28-52(64-69-62(43-15-3-1-4-16-43)68-63(70-64)44-17-5-2-6-18-44)53(37-49)56-40-67-32-31-61(56)72-58-24-10-8-22-51(58)55-36-48(26-30-60(55)72)46-20-12-14-42(34-46)39-66/h1-37,40H. The first kappa shape index (κ1) is 41.9. The van der Waals surface area contributed by atoms with Gasteiger partial charge in [-0.25, -0.2) is 15.0 Å². The fourth-order valence-electron chi connectivity index (χ4n) is 10.2. The van der Waals surface area contributed by atoms with Gasteiger partial charge in [0, 0.05) is 61.9 Å². The van der Waals surface area contributed by atoms with E-state index >= 15 is 0 Å². The van der Waals surface area contributed by atoms with Crippen molar-refractivity contribution >= 4 is 43.6 Å². The lowest BCUT2D eigenvalue weighted by atomic mass is 9.97. The maximum atomic E-state index is 9.74. The van der Waals surface area contributed by atoms with Gasteiger partial charge in [-0.15, -0.1) is 0 Å². The largest absolute Gasteiger partial charge is 0.309 e. The third-order valence-corrected chi connectivity index (χ3v) is 13.5. The maximum absolute atomic E-state index is 9.74. The molecule has 0 unspecified atom stereocenters. The Morgan fingerprint density at radius 1 is 0.333 bits per heavy atom. The first-order chi connectivity index (χ1) is 35.6. The average Bonchev–Trinajstić information content (AvgIpc) is 3.97. The van der Waals surface area contributed by atoms with E-state index in [4.69, 9.17) is 19.9 Å². The second-order valence-corrected chi connectivity index (χ2v) is 17.7. The fraction of sp³-hybridized carbons (Fsp3) is 0. The molecule has 0 aliphatic heterocycles. The number of hydrogen-bond acceptors (Lipinski definition) is 6. The minimum absolute atomic E-state index is 0.525. The van der Waals surface area contributed by atoms with E-state index in [9.17, 15) is 10.5 Å². The van der Waals surface area contributed by atoms with Gasteiger partial charge in [-0.2, -0.15) is 10.5 Å². The quantitative estimate of drug-likeness (QED) is 0.150. The third-order valence-electron chi connectivity index (χ3n) is 13.5. The lowest BCUT2D eigenvalue weighted by molar-refractivity contribution is 1.07. The van der Waals surface area contributed by atoms with Gasteiger partial charge in [-0.05, 0) is 113 Å². The Morgan fingerprint density at radius 3 is 1.40 bits per heavy atom. The highest BCUT2D eigenvalue weighted by Crippen LogP contribution is 2.43. The Balaban J connectivity index is 1.08. The van der Waals surface area contributed by atoms with E-state index in [-0.39, 0.29) is 0 Å². The van der Waals surface area contributed by atoms with Crippen molar-refractivity contribution in [3.05, 3.63) is 242 Å². The molecule has 0 N–H and O–H groups in total. The molecule has 0 bridgehead atoms. The van der Waals surface area contributed by atoms with E-state index in [1.807, 2.05) is 109 Å². The third kappa shape index (κ3) is 7.15. The summed E-state index contributed by atoms with van der Waals surface area (Å²) in [5, 5.41) is 23.9. The van der Waals surface area contributed by atoms with Crippen molar-refractivity contribution in [1.29, 1.82) is 10.5 Å². The van der Waals surface area contributed by atoms with Gasteiger partial charge in [0.1, 0.15) is 0 Å². The Morgan fingerprint density at radius 2 is 0.819 bits per heavy atom. The van der Waals surface area contributed by atoms with E-state index < -0.39 is 0 Å². The maximum Gasteiger partial charge on any atom is 0.164 e. The van der Waals surface area contributed by atoms with Crippen LogP contribution in [-0.2, 0) is 0 Å². The first-order valence-corrected chi connectivity index (χ1v) is 23.6. The van der Waals surface area contributed by atoms with Gasteiger partial charge in [0.15, 0.2) is 17.5 Å². The van der Waals surface area contributed by atoms with Crippen molar-refractivity contribution in [3.63, 3.8) is 0 Å². The molecule has 4 heterocycles. The van der Waals surface area contributed by atoms with Crippen molar-refractivity contribution in [2.24, 2.45) is 0 Å². The van der Waals surface area contributed by atoms with Crippen LogP contribution in [-0.4, -0.2) is 29.1 Å². The van der Waals surface area contributed by atoms with Crippen LogP contribution in [0.25, 0.3) is 123 Å². The van der Waals surface area contributed by atoms with Gasteiger partial charge < -0.3 is 9.13 Å². The normalized spacial score (nSPS) is 11.3. The smallest absolute Gasteiger partial charge is 0.164 e. The van der Waals surface area contributed by atoms with Crippen molar-refractivity contribution in [3.8, 4) is 91.1 Å². The SMILES string of the molecule is N#Cc1cccc(-c2ccc3c(c2)c2ccccc2n3-c2ccc(-c3nc(-c4ccccc4)nc(-c4ccccc4)n3)c(-c3cnccc3-n3c4ccccc4c4cc(-c5cccc(C#N)c5)ccc43)c2)c1. The molecule has 72 heavy (non-hydrogen) atoms. The van der Waals surface area contributed by atoms with Crippen LogP contribution in [0.4, 0.5) is 0 Å². The van der Waals surface area contributed by atoms with Crippen LogP contribution in [0.2, 0.25) is 0 Å². The Labute approximate surface area is 414 Å². The van der Waals surface area contributed by atoms with Crippen molar-refractivity contribution in [1.82, 2.24) is 29.1 Å². The Bertz CT molecular complexity index is 4310. The molecule has 8 heteroatoms. The van der Waals surface area contributed by atoms with Gasteiger partial charge in [-0.3, -0.25) is 4.98 Å². The molecular weight excluding hydrogens is 881 g/mol. The summed E-state index contributed by atoms with van der Waals surface area (Å²) in [6.45, 7) is 0. The minimum atomic E-state index is 0.525. The lowest BCUT2D eigenvalue weighted by Crippen LogP contribution is -2.04. The van der Waals surface area contributed by atoms with E-state index in [0.29, 0.717) is 28.6 Å². The molecule has 0 fully saturated rings. The minimum Gasteiger partial charge on any atom is -0.309 e. The van der Waals surface area contributed by atoms with Crippen LogP contribution in [0.1, 0.15) is 11.1 Å². The van der Waals surface area contributed by atoms with Crippen LogP contribution >= 0.6 is 0 Å². The molecule has 0 aliphatic rings. The molecule has 9 aromatic carbocycles. The molecule has 8 nitrogen and oxygen atoms in total. The number of rotatable bonds is 8. The number of pyridine rings is 1. The van der Waals surface area contributed by atoms with Crippen LogP contribution < -0.4 is 0 Å². The van der Waals surface area contributed by atoms with Gasteiger partial charge in [0.05, 0.1) is 51.0 Å². The summed E-state index contributed by atoms with van der Waals surface area (Å²) in [4.78, 5) is 20.5. The lowest BCUT2D eigenvalue weighted by Gasteiger charge is -2.18. The van der Waals surface area contributed by atoms with Crippen molar-refractivity contribution in [2.75, 3.05) is 0 Å². The number of para-hydroxylation sites is 2. The summed E-state index contributed by atoms with van der Waals surface area (Å²) in [7, 11) is 0. The van der Waals surface area contributed by atoms with Gasteiger partial charge >= 0.3 is 0 Å². The van der Waals surface area contributed by atoms with Crippen LogP contribution in [0.3, 0.4) is 0 Å². The number of fused-ring (bicyclic) bond motifs is 6. The van der Waals surface area contributed by atoms with Crippen molar-refractivity contribution < 1.29 is 0 Å². The molecule has 0 atom stereocenters. The summed E-state index contributed by atoms with van der Waals surface area (Å²) in [5.74, 6) is 1.66. The Hall–Kier alpha value is -10.3. The van der Waals surface area contributed by atoms with E-state index in [2.05, 4.69) is 143 Å². The van der Waals surface area contributed by atoms with Gasteiger partial charge in [0.2, 0.25) is 0 Å². The van der Waals surface area contributed by atoms with Crippen LogP contribution in [0, 0.1) is 22.7 Å². The first-order valence-electron chi connectivity index (χ1n) is 23.6. The molecule has 13 rings (SSSR count). The summed E-state index contributed by atoms with van der Waals surface area (Å²) in [6, 6.07) is 78.9. The number of nitriles is 2. The molecule has 0 saturated heterocycles. The summed E-state index contributed by atoms with van der Waals surface area (Å²) >= 11 is 0. The summed E-state index contributed by atoms with van der Waals surface area (Å²) in [6.07, 6.45) is 3.80. The van der Waals surface area contributed by atoms with Crippen LogP contribution in [0.5, 0.6) is 0 Å². The molecular formula is C64H38N8. The fourth-order valence-corrected chi connectivity index (χ4v) is 10.2. The van der Waals surface area contributed by atoms with Crippen LogP contribution in [0.15, 0.2) is 231 Å².